The molecule has 1 fully saturated rings. The Morgan fingerprint density at radius 1 is 1.52 bits per heavy atom. The van der Waals surface area contributed by atoms with Gasteiger partial charge in [0.05, 0.1) is 11.7 Å². The van der Waals surface area contributed by atoms with E-state index in [9.17, 15) is 4.79 Å². The Balaban J connectivity index is 1.64. The maximum Gasteiger partial charge on any atom is 0.223 e. The van der Waals surface area contributed by atoms with Gasteiger partial charge in [-0.15, -0.1) is 0 Å². The summed E-state index contributed by atoms with van der Waals surface area (Å²) in [5.41, 5.74) is 1.01. The molecular weight excluding hydrogens is 292 g/mol. The van der Waals surface area contributed by atoms with Crippen molar-refractivity contribution in [1.29, 1.82) is 0 Å². The van der Waals surface area contributed by atoms with Gasteiger partial charge in [-0.3, -0.25) is 9.89 Å². The molecule has 0 bridgehead atoms. The van der Waals surface area contributed by atoms with Crippen molar-refractivity contribution in [3.63, 3.8) is 0 Å². The molecule has 3 heterocycles. The van der Waals surface area contributed by atoms with Gasteiger partial charge in [0.15, 0.2) is 5.15 Å². The first-order chi connectivity index (χ1) is 10.2. The quantitative estimate of drug-likeness (QED) is 0.942. The van der Waals surface area contributed by atoms with Crippen molar-refractivity contribution < 1.29 is 9.32 Å². The second-order valence-corrected chi connectivity index (χ2v) is 5.61. The molecule has 1 unspecified atom stereocenters. The van der Waals surface area contributed by atoms with Crippen LogP contribution in [0.15, 0.2) is 22.9 Å². The van der Waals surface area contributed by atoms with Crippen LogP contribution in [0.4, 0.5) is 0 Å². The lowest BCUT2D eigenvalue weighted by Crippen LogP contribution is -2.38. The molecule has 21 heavy (non-hydrogen) atoms. The van der Waals surface area contributed by atoms with Crippen molar-refractivity contribution in [3.05, 3.63) is 34.9 Å². The zero-order chi connectivity index (χ0) is 14.7. The van der Waals surface area contributed by atoms with E-state index >= 15 is 0 Å². The number of hydrogen-bond acceptors (Lipinski definition) is 4. The molecule has 0 aliphatic carbocycles. The normalized spacial score (nSPS) is 18.9. The van der Waals surface area contributed by atoms with Gasteiger partial charge in [-0.1, -0.05) is 16.8 Å². The van der Waals surface area contributed by atoms with Gasteiger partial charge in [0.2, 0.25) is 5.91 Å². The number of rotatable bonds is 4. The number of aromatic amines is 1. The summed E-state index contributed by atoms with van der Waals surface area (Å²) < 4.78 is 5.03. The Morgan fingerprint density at radius 3 is 3.14 bits per heavy atom. The van der Waals surface area contributed by atoms with E-state index in [2.05, 4.69) is 15.4 Å². The molecule has 2 aromatic heterocycles. The van der Waals surface area contributed by atoms with Crippen molar-refractivity contribution in [2.24, 2.45) is 0 Å². The number of aryl methyl sites for hydroxylation is 1. The standard InChI is InChI=1S/C14H17ClN4O2/c15-13-9-10(21-18-13)4-5-14(20)19-8-2-1-3-12(19)11-6-7-16-17-11/h6-7,9,12H,1-5,8H2,(H,16,17). The monoisotopic (exact) mass is 308 g/mol. The molecule has 6 nitrogen and oxygen atoms in total. The predicted molar refractivity (Wildman–Crippen MR) is 76.7 cm³/mol. The molecule has 3 rings (SSSR count). The number of piperidine rings is 1. The second kappa shape index (κ2) is 6.30. The number of H-pyrrole nitrogens is 1. The van der Waals surface area contributed by atoms with E-state index in [1.54, 1.807) is 12.3 Å². The SMILES string of the molecule is O=C(CCc1cc(Cl)no1)N1CCCCC1c1ccn[nH]1. The largest absolute Gasteiger partial charge is 0.360 e. The van der Waals surface area contributed by atoms with Gasteiger partial charge in [0.25, 0.3) is 0 Å². The summed E-state index contributed by atoms with van der Waals surface area (Å²) in [6.07, 6.45) is 5.79. The molecule has 1 atom stereocenters. The number of amides is 1. The summed E-state index contributed by atoms with van der Waals surface area (Å²) in [4.78, 5) is 14.4. The summed E-state index contributed by atoms with van der Waals surface area (Å²) in [5.74, 6) is 0.769. The van der Waals surface area contributed by atoms with Crippen LogP contribution in [0, 0.1) is 0 Å². The molecule has 7 heteroatoms. The lowest BCUT2D eigenvalue weighted by Gasteiger charge is -2.35. The zero-order valence-electron chi connectivity index (χ0n) is 11.6. The minimum atomic E-state index is 0.104. The summed E-state index contributed by atoms with van der Waals surface area (Å²) >= 11 is 5.70. The van der Waals surface area contributed by atoms with Crippen molar-refractivity contribution >= 4 is 17.5 Å². The van der Waals surface area contributed by atoms with E-state index in [1.165, 1.54) is 0 Å². The van der Waals surface area contributed by atoms with Gasteiger partial charge in [-0.05, 0) is 25.3 Å². The molecule has 1 N–H and O–H groups in total. The van der Waals surface area contributed by atoms with Gasteiger partial charge in [-0.2, -0.15) is 5.10 Å². The van der Waals surface area contributed by atoms with E-state index in [-0.39, 0.29) is 11.9 Å². The molecular formula is C14H17ClN4O2. The van der Waals surface area contributed by atoms with Crippen LogP contribution in [0.3, 0.4) is 0 Å². The number of carbonyl (C=O) groups is 1. The Kier molecular flexibility index (Phi) is 4.24. The molecule has 1 aliphatic rings. The third-order valence-electron chi connectivity index (χ3n) is 3.82. The summed E-state index contributed by atoms with van der Waals surface area (Å²) in [7, 11) is 0. The highest BCUT2D eigenvalue weighted by molar-refractivity contribution is 6.29. The third-order valence-corrected chi connectivity index (χ3v) is 4.00. The van der Waals surface area contributed by atoms with Crippen LogP contribution >= 0.6 is 11.6 Å². The van der Waals surface area contributed by atoms with Crippen molar-refractivity contribution in [3.8, 4) is 0 Å². The number of carbonyl (C=O) groups excluding carboxylic acids is 1. The van der Waals surface area contributed by atoms with E-state index in [0.717, 1.165) is 31.5 Å². The first-order valence-electron chi connectivity index (χ1n) is 7.14. The van der Waals surface area contributed by atoms with Crippen LogP contribution < -0.4 is 0 Å². The fourth-order valence-corrected chi connectivity index (χ4v) is 2.94. The van der Waals surface area contributed by atoms with Crippen molar-refractivity contribution in [2.75, 3.05) is 6.54 Å². The Bertz CT molecular complexity index is 596. The van der Waals surface area contributed by atoms with E-state index in [0.29, 0.717) is 23.8 Å². The zero-order valence-corrected chi connectivity index (χ0v) is 12.3. The number of nitrogens with zero attached hydrogens (tertiary/aromatic N) is 3. The van der Waals surface area contributed by atoms with Gasteiger partial charge in [0.1, 0.15) is 5.76 Å². The lowest BCUT2D eigenvalue weighted by atomic mass is 9.98. The smallest absolute Gasteiger partial charge is 0.223 e. The number of aromatic nitrogens is 3. The highest BCUT2D eigenvalue weighted by Gasteiger charge is 2.28. The fraction of sp³-hybridized carbons (Fsp3) is 0.500. The molecule has 1 saturated heterocycles. The minimum absolute atomic E-state index is 0.104. The molecule has 0 aromatic carbocycles. The maximum atomic E-state index is 12.5. The highest BCUT2D eigenvalue weighted by Crippen LogP contribution is 2.30. The first kappa shape index (κ1) is 14.1. The average Bonchev–Trinajstić information content (AvgIpc) is 3.16. The van der Waals surface area contributed by atoms with Gasteiger partial charge in [0, 0.05) is 31.6 Å². The van der Waals surface area contributed by atoms with E-state index in [1.807, 2.05) is 11.0 Å². The summed E-state index contributed by atoms with van der Waals surface area (Å²) in [5, 5.41) is 10.9. The predicted octanol–water partition coefficient (Wildman–Crippen LogP) is 2.74. The van der Waals surface area contributed by atoms with Gasteiger partial charge >= 0.3 is 0 Å². The topological polar surface area (TPSA) is 75.0 Å². The Hall–Kier alpha value is -1.82. The maximum absolute atomic E-state index is 12.5. The molecule has 0 radical (unpaired) electrons. The first-order valence-corrected chi connectivity index (χ1v) is 7.51. The summed E-state index contributed by atoms with van der Waals surface area (Å²) in [6, 6.07) is 3.69. The molecule has 1 amide bonds. The van der Waals surface area contributed by atoms with E-state index < -0.39 is 0 Å². The number of halogens is 1. The lowest BCUT2D eigenvalue weighted by molar-refractivity contribution is -0.135. The molecule has 2 aromatic rings. The van der Waals surface area contributed by atoms with Crippen LogP contribution in [-0.2, 0) is 11.2 Å². The van der Waals surface area contributed by atoms with Crippen LogP contribution in [0.2, 0.25) is 5.15 Å². The number of hydrogen-bond donors (Lipinski definition) is 1. The average molecular weight is 309 g/mol. The molecule has 0 saturated carbocycles. The van der Waals surface area contributed by atoms with Crippen LogP contribution in [0.5, 0.6) is 0 Å². The molecule has 0 spiro atoms. The van der Waals surface area contributed by atoms with Crippen molar-refractivity contribution in [1.82, 2.24) is 20.3 Å². The van der Waals surface area contributed by atoms with Gasteiger partial charge < -0.3 is 9.42 Å². The van der Waals surface area contributed by atoms with Gasteiger partial charge in [-0.25, -0.2) is 0 Å². The number of nitrogens with one attached hydrogen (secondary N) is 1. The Labute approximate surface area is 127 Å². The van der Waals surface area contributed by atoms with Crippen molar-refractivity contribution in [2.45, 2.75) is 38.1 Å². The fourth-order valence-electron chi connectivity index (χ4n) is 2.78. The van der Waals surface area contributed by atoms with Crippen LogP contribution in [-0.4, -0.2) is 32.7 Å². The molecule has 112 valence electrons. The van der Waals surface area contributed by atoms with E-state index in [4.69, 9.17) is 16.1 Å². The summed E-state index contributed by atoms with van der Waals surface area (Å²) in [6.45, 7) is 0.791. The van der Waals surface area contributed by atoms with Crippen LogP contribution in [0.25, 0.3) is 0 Å². The minimum Gasteiger partial charge on any atom is -0.360 e. The number of likely N-dealkylation sites (tertiary alicyclic amines) is 1. The Morgan fingerprint density at radius 2 is 2.43 bits per heavy atom. The molecule has 1 aliphatic heterocycles. The second-order valence-electron chi connectivity index (χ2n) is 5.23. The highest BCUT2D eigenvalue weighted by atomic mass is 35.5. The third kappa shape index (κ3) is 3.26. The van der Waals surface area contributed by atoms with Crippen LogP contribution in [0.1, 0.15) is 43.2 Å².